The maximum absolute atomic E-state index is 12.7. The van der Waals surface area contributed by atoms with Crippen LogP contribution in [0.2, 0.25) is 5.02 Å². The number of hydrogen-bond donors (Lipinski definition) is 3. The Balaban J connectivity index is 2.39. The van der Waals surface area contributed by atoms with E-state index in [1.54, 1.807) is 0 Å². The number of carbonyl (C=O) groups is 2. The van der Waals surface area contributed by atoms with Gasteiger partial charge >= 0.3 is 5.97 Å². The number of nitro groups is 1. The molecule has 0 radical (unpaired) electrons. The number of carboxylic acid groups (broad SMARTS) is 1. The molecular formula is C17H16ClN3O7S. The van der Waals surface area contributed by atoms with E-state index in [-0.39, 0.29) is 27.1 Å². The summed E-state index contributed by atoms with van der Waals surface area (Å²) >= 11 is 6.03. The van der Waals surface area contributed by atoms with Gasteiger partial charge in [0.15, 0.2) is 0 Å². The molecule has 0 unspecified atom stereocenters. The third-order valence-electron chi connectivity index (χ3n) is 3.73. The van der Waals surface area contributed by atoms with Crippen LogP contribution in [0.4, 0.5) is 11.4 Å². The van der Waals surface area contributed by atoms with Gasteiger partial charge in [-0.3, -0.25) is 19.7 Å². The number of sulfonamides is 1. The number of carboxylic acids is 1. The van der Waals surface area contributed by atoms with Crippen LogP contribution < -0.4 is 10.0 Å². The minimum absolute atomic E-state index is 0.0226. The highest BCUT2D eigenvalue weighted by molar-refractivity contribution is 7.89. The van der Waals surface area contributed by atoms with Crippen molar-refractivity contribution in [1.82, 2.24) is 4.72 Å². The van der Waals surface area contributed by atoms with Crippen molar-refractivity contribution in [2.24, 2.45) is 0 Å². The van der Waals surface area contributed by atoms with Crippen molar-refractivity contribution in [3.8, 4) is 0 Å². The van der Waals surface area contributed by atoms with Gasteiger partial charge in [0.05, 0.1) is 22.3 Å². The Bertz CT molecular complexity index is 1060. The Labute approximate surface area is 170 Å². The predicted molar refractivity (Wildman–Crippen MR) is 104 cm³/mol. The molecule has 0 aliphatic carbocycles. The molecule has 12 heteroatoms. The van der Waals surface area contributed by atoms with Gasteiger partial charge in [0, 0.05) is 29.8 Å². The normalized spacial score (nSPS) is 12.2. The van der Waals surface area contributed by atoms with Gasteiger partial charge < -0.3 is 10.4 Å². The summed E-state index contributed by atoms with van der Waals surface area (Å²) in [6.07, 6.45) is -0.690. The summed E-state index contributed by atoms with van der Waals surface area (Å²) < 4.78 is 27.6. The largest absolute Gasteiger partial charge is 0.481 e. The molecule has 1 amide bonds. The first-order valence-electron chi connectivity index (χ1n) is 8.05. The predicted octanol–water partition coefficient (Wildman–Crippen LogP) is 2.70. The van der Waals surface area contributed by atoms with E-state index >= 15 is 0 Å². The molecule has 10 nitrogen and oxygen atoms in total. The number of nitro benzene ring substituents is 1. The maximum atomic E-state index is 12.7. The first-order valence-corrected chi connectivity index (χ1v) is 9.91. The van der Waals surface area contributed by atoms with Crippen molar-refractivity contribution in [2.45, 2.75) is 24.3 Å². The molecule has 0 aliphatic rings. The van der Waals surface area contributed by atoms with Gasteiger partial charge in [-0.2, -0.15) is 0 Å². The summed E-state index contributed by atoms with van der Waals surface area (Å²) in [5, 5.41) is 22.6. The number of nitrogens with zero attached hydrogens (tertiary/aromatic N) is 1. The summed E-state index contributed by atoms with van der Waals surface area (Å²) in [5.74, 6) is -1.66. The first-order chi connectivity index (χ1) is 13.5. The lowest BCUT2D eigenvalue weighted by molar-refractivity contribution is -0.384. The highest BCUT2D eigenvalue weighted by Gasteiger charge is 2.27. The summed E-state index contributed by atoms with van der Waals surface area (Å²) in [6, 6.07) is 7.17. The number of benzene rings is 2. The second-order valence-corrected chi connectivity index (χ2v) is 8.06. The quantitative estimate of drug-likeness (QED) is 0.420. The minimum atomic E-state index is -4.20. The van der Waals surface area contributed by atoms with E-state index in [1.165, 1.54) is 37.3 Å². The van der Waals surface area contributed by atoms with Gasteiger partial charge in [0.25, 0.3) is 5.69 Å². The van der Waals surface area contributed by atoms with E-state index in [9.17, 15) is 28.1 Å². The van der Waals surface area contributed by atoms with E-state index < -0.39 is 33.4 Å². The number of aliphatic carboxylic acids is 1. The van der Waals surface area contributed by atoms with Gasteiger partial charge in [0.1, 0.15) is 0 Å². The third kappa shape index (κ3) is 5.98. The van der Waals surface area contributed by atoms with Crippen molar-refractivity contribution in [3.05, 3.63) is 63.2 Å². The van der Waals surface area contributed by atoms with Gasteiger partial charge in [-0.15, -0.1) is 0 Å². The van der Waals surface area contributed by atoms with Crippen LogP contribution in [0, 0.1) is 10.1 Å². The van der Waals surface area contributed by atoms with Crippen molar-refractivity contribution in [2.75, 3.05) is 5.32 Å². The summed E-state index contributed by atoms with van der Waals surface area (Å²) in [5.41, 5.74) is -0.0272. The standard InChI is InChI=1S/C17H16ClN3O7S/c1-10(22)19-11-2-5-13(6-3-11)29(27,28)20-16(9-17(23)24)14-8-12(21(25)26)4-7-15(14)18/h2-8,16,20H,9H2,1H3,(H,19,22)(H,23,24)/t16-/m0/s1. The average Bonchev–Trinajstić information content (AvgIpc) is 2.60. The molecule has 0 bridgehead atoms. The molecule has 29 heavy (non-hydrogen) atoms. The molecule has 0 spiro atoms. The first kappa shape index (κ1) is 22.3. The van der Waals surface area contributed by atoms with E-state index in [1.807, 2.05) is 0 Å². The molecule has 0 aliphatic heterocycles. The number of non-ortho nitro benzene ring substituents is 1. The van der Waals surface area contributed by atoms with E-state index in [4.69, 9.17) is 16.7 Å². The molecule has 154 valence electrons. The van der Waals surface area contributed by atoms with Crippen molar-refractivity contribution < 1.29 is 28.0 Å². The topological polar surface area (TPSA) is 156 Å². The Morgan fingerprint density at radius 2 is 1.83 bits per heavy atom. The third-order valence-corrected chi connectivity index (χ3v) is 5.56. The van der Waals surface area contributed by atoms with Crippen LogP contribution in [0.3, 0.4) is 0 Å². The van der Waals surface area contributed by atoms with Crippen molar-refractivity contribution in [1.29, 1.82) is 0 Å². The van der Waals surface area contributed by atoms with Crippen LogP contribution in [-0.2, 0) is 19.6 Å². The zero-order valence-electron chi connectivity index (χ0n) is 15.0. The Kier molecular flexibility index (Phi) is 6.90. The fraction of sp³-hybridized carbons (Fsp3) is 0.176. The lowest BCUT2D eigenvalue weighted by atomic mass is 10.0. The number of halogens is 1. The van der Waals surface area contributed by atoms with Gasteiger partial charge in [-0.25, -0.2) is 13.1 Å². The van der Waals surface area contributed by atoms with Crippen LogP contribution in [0.25, 0.3) is 0 Å². The molecule has 0 heterocycles. The number of nitrogens with one attached hydrogen (secondary N) is 2. The van der Waals surface area contributed by atoms with E-state index in [0.29, 0.717) is 5.69 Å². The number of amides is 1. The molecule has 1 atom stereocenters. The van der Waals surface area contributed by atoms with E-state index in [2.05, 4.69) is 10.0 Å². The number of carbonyl (C=O) groups excluding carboxylic acids is 1. The Morgan fingerprint density at radius 1 is 1.21 bits per heavy atom. The molecule has 2 rings (SSSR count). The van der Waals surface area contributed by atoms with Gasteiger partial charge in [0.2, 0.25) is 15.9 Å². The van der Waals surface area contributed by atoms with Gasteiger partial charge in [-0.1, -0.05) is 11.6 Å². The average molecular weight is 442 g/mol. The minimum Gasteiger partial charge on any atom is -0.481 e. The monoisotopic (exact) mass is 441 g/mol. The molecule has 0 aromatic heterocycles. The molecular weight excluding hydrogens is 426 g/mol. The lowest BCUT2D eigenvalue weighted by Gasteiger charge is -2.19. The summed E-state index contributed by atoms with van der Waals surface area (Å²) in [4.78, 5) is 32.4. The zero-order valence-corrected chi connectivity index (χ0v) is 16.5. The van der Waals surface area contributed by atoms with Crippen LogP contribution in [0.5, 0.6) is 0 Å². The van der Waals surface area contributed by atoms with Crippen LogP contribution in [-0.4, -0.2) is 30.3 Å². The summed E-state index contributed by atoms with van der Waals surface area (Å²) in [6.45, 7) is 1.30. The fourth-order valence-electron chi connectivity index (χ4n) is 2.48. The molecule has 2 aromatic rings. The second-order valence-electron chi connectivity index (χ2n) is 5.94. The Morgan fingerprint density at radius 3 is 2.34 bits per heavy atom. The molecule has 0 fully saturated rings. The maximum Gasteiger partial charge on any atom is 0.305 e. The molecule has 3 N–H and O–H groups in total. The van der Waals surface area contributed by atoms with Crippen LogP contribution in [0.1, 0.15) is 24.9 Å². The van der Waals surface area contributed by atoms with Gasteiger partial charge in [-0.05, 0) is 35.9 Å². The van der Waals surface area contributed by atoms with Crippen molar-refractivity contribution in [3.63, 3.8) is 0 Å². The molecule has 0 saturated heterocycles. The second kappa shape index (κ2) is 8.99. The smallest absolute Gasteiger partial charge is 0.305 e. The summed E-state index contributed by atoms with van der Waals surface area (Å²) in [7, 11) is -4.20. The van der Waals surface area contributed by atoms with Crippen LogP contribution in [0.15, 0.2) is 47.4 Å². The molecule has 0 saturated carbocycles. The highest BCUT2D eigenvalue weighted by atomic mass is 35.5. The number of anilines is 1. The number of rotatable bonds is 8. The highest BCUT2D eigenvalue weighted by Crippen LogP contribution is 2.30. The molecule has 2 aromatic carbocycles. The van der Waals surface area contributed by atoms with Crippen molar-refractivity contribution >= 4 is 44.9 Å². The fourth-order valence-corrected chi connectivity index (χ4v) is 3.94. The zero-order chi connectivity index (χ0) is 21.8. The lowest BCUT2D eigenvalue weighted by Crippen LogP contribution is -2.30. The van der Waals surface area contributed by atoms with Crippen LogP contribution >= 0.6 is 11.6 Å². The number of hydrogen-bond acceptors (Lipinski definition) is 6. The Hall–Kier alpha value is -3.02. The SMILES string of the molecule is CC(=O)Nc1ccc(S(=O)(=O)N[C@@H](CC(=O)O)c2cc([N+](=O)[O-])ccc2Cl)cc1. The van der Waals surface area contributed by atoms with E-state index in [0.717, 1.165) is 12.1 Å².